The van der Waals surface area contributed by atoms with Crippen LogP contribution >= 0.6 is 23.1 Å². The predicted octanol–water partition coefficient (Wildman–Crippen LogP) is 2.64. The summed E-state index contributed by atoms with van der Waals surface area (Å²) < 4.78 is 10.6. The summed E-state index contributed by atoms with van der Waals surface area (Å²) in [5.41, 5.74) is 0.781. The van der Waals surface area contributed by atoms with Crippen LogP contribution < -0.4 is 10.1 Å². The zero-order chi connectivity index (χ0) is 16.9. The molecule has 0 aliphatic carbocycles. The Kier molecular flexibility index (Phi) is 5.06. The standard InChI is InChI=1S/C14H13N5O3S2/c1-8-16-18-13(24-8)15-11(20)7-23-14-19-17-12(22-14)9-3-5-10(21-2)6-4-9/h3-6H,7H2,1-2H3,(H,15,18,20). The maximum absolute atomic E-state index is 11.8. The van der Waals surface area contributed by atoms with E-state index in [-0.39, 0.29) is 11.7 Å². The minimum atomic E-state index is -0.208. The largest absolute Gasteiger partial charge is 0.497 e. The Bertz CT molecular complexity index is 831. The fourth-order valence-electron chi connectivity index (χ4n) is 1.75. The molecule has 2 aromatic heterocycles. The van der Waals surface area contributed by atoms with Gasteiger partial charge >= 0.3 is 0 Å². The van der Waals surface area contributed by atoms with Gasteiger partial charge in [0, 0.05) is 5.56 Å². The molecule has 1 N–H and O–H groups in total. The van der Waals surface area contributed by atoms with Crippen molar-refractivity contribution in [3.05, 3.63) is 29.3 Å². The van der Waals surface area contributed by atoms with Crippen LogP contribution in [-0.4, -0.2) is 39.2 Å². The first-order valence-corrected chi connectivity index (χ1v) is 8.65. The SMILES string of the molecule is COc1ccc(-c2nnc(SCC(=O)Nc3nnc(C)s3)o2)cc1. The number of hydrogen-bond acceptors (Lipinski definition) is 9. The molecule has 3 aromatic rings. The Morgan fingerprint density at radius 3 is 2.71 bits per heavy atom. The highest BCUT2D eigenvalue weighted by Crippen LogP contribution is 2.25. The number of hydrogen-bond donors (Lipinski definition) is 1. The Morgan fingerprint density at radius 2 is 2.04 bits per heavy atom. The third-order valence-corrected chi connectivity index (χ3v) is 4.42. The van der Waals surface area contributed by atoms with Crippen LogP contribution in [0.4, 0.5) is 5.13 Å². The molecule has 0 unspecified atom stereocenters. The van der Waals surface area contributed by atoms with Gasteiger partial charge in [0.25, 0.3) is 5.22 Å². The maximum atomic E-state index is 11.8. The number of ether oxygens (including phenoxy) is 1. The number of thioether (sulfide) groups is 1. The van der Waals surface area contributed by atoms with Gasteiger partial charge in [0.15, 0.2) is 0 Å². The molecule has 10 heteroatoms. The molecule has 0 aliphatic heterocycles. The van der Waals surface area contributed by atoms with E-state index in [0.717, 1.165) is 28.1 Å². The number of amides is 1. The van der Waals surface area contributed by atoms with Crippen LogP contribution in [-0.2, 0) is 4.79 Å². The Morgan fingerprint density at radius 1 is 1.25 bits per heavy atom. The second kappa shape index (κ2) is 7.41. The van der Waals surface area contributed by atoms with Gasteiger partial charge in [-0.25, -0.2) is 0 Å². The molecular formula is C14H13N5O3S2. The topological polar surface area (TPSA) is 103 Å². The van der Waals surface area contributed by atoms with Gasteiger partial charge < -0.3 is 9.15 Å². The average Bonchev–Trinajstić information content (AvgIpc) is 3.22. The molecule has 0 spiro atoms. The van der Waals surface area contributed by atoms with Crippen LogP contribution in [0.1, 0.15) is 5.01 Å². The fraction of sp³-hybridized carbons (Fsp3) is 0.214. The Hall–Kier alpha value is -2.46. The molecule has 0 radical (unpaired) electrons. The molecular weight excluding hydrogens is 350 g/mol. The van der Waals surface area contributed by atoms with E-state index in [1.54, 1.807) is 7.11 Å². The zero-order valence-corrected chi connectivity index (χ0v) is 14.5. The molecule has 0 fully saturated rings. The fourth-order valence-corrected chi connectivity index (χ4v) is 2.92. The third kappa shape index (κ3) is 4.09. The van der Waals surface area contributed by atoms with Crippen LogP contribution in [0.25, 0.3) is 11.5 Å². The highest BCUT2D eigenvalue weighted by Gasteiger charge is 2.12. The summed E-state index contributed by atoms with van der Waals surface area (Å²) in [6, 6.07) is 7.27. The van der Waals surface area contributed by atoms with Crippen molar-refractivity contribution in [3.63, 3.8) is 0 Å². The minimum Gasteiger partial charge on any atom is -0.497 e. The van der Waals surface area contributed by atoms with E-state index in [0.29, 0.717) is 16.2 Å². The maximum Gasteiger partial charge on any atom is 0.277 e. The van der Waals surface area contributed by atoms with E-state index in [1.165, 1.54) is 11.3 Å². The van der Waals surface area contributed by atoms with Gasteiger partial charge in [0.2, 0.25) is 16.9 Å². The van der Waals surface area contributed by atoms with E-state index < -0.39 is 0 Å². The molecule has 0 aliphatic rings. The number of carbonyl (C=O) groups is 1. The number of aryl methyl sites for hydroxylation is 1. The normalized spacial score (nSPS) is 10.6. The number of benzene rings is 1. The molecule has 8 nitrogen and oxygen atoms in total. The molecule has 0 saturated carbocycles. The highest BCUT2D eigenvalue weighted by atomic mass is 32.2. The number of methoxy groups -OCH3 is 1. The second-order valence-electron chi connectivity index (χ2n) is 4.56. The summed E-state index contributed by atoms with van der Waals surface area (Å²) in [6.45, 7) is 1.82. The van der Waals surface area contributed by atoms with Crippen LogP contribution in [0.15, 0.2) is 33.9 Å². The van der Waals surface area contributed by atoms with E-state index in [1.807, 2.05) is 31.2 Å². The summed E-state index contributed by atoms with van der Waals surface area (Å²) in [5.74, 6) is 1.07. The molecule has 0 saturated heterocycles. The van der Waals surface area contributed by atoms with Crippen LogP contribution in [0.5, 0.6) is 5.75 Å². The molecule has 3 rings (SSSR count). The number of anilines is 1. The predicted molar refractivity (Wildman–Crippen MR) is 90.3 cm³/mol. The Balaban J connectivity index is 1.56. The van der Waals surface area contributed by atoms with Crippen molar-refractivity contribution < 1.29 is 13.9 Å². The zero-order valence-electron chi connectivity index (χ0n) is 12.8. The molecule has 24 heavy (non-hydrogen) atoms. The molecule has 1 amide bonds. The minimum absolute atomic E-state index is 0.142. The molecule has 124 valence electrons. The first-order valence-electron chi connectivity index (χ1n) is 6.85. The van der Waals surface area contributed by atoms with Crippen molar-refractivity contribution in [1.82, 2.24) is 20.4 Å². The number of rotatable bonds is 6. The smallest absolute Gasteiger partial charge is 0.277 e. The molecule has 2 heterocycles. The first-order chi connectivity index (χ1) is 11.6. The first kappa shape index (κ1) is 16.4. The van der Waals surface area contributed by atoms with Gasteiger partial charge in [-0.1, -0.05) is 23.1 Å². The van der Waals surface area contributed by atoms with E-state index in [2.05, 4.69) is 25.7 Å². The van der Waals surface area contributed by atoms with Gasteiger partial charge in [-0.05, 0) is 31.2 Å². The molecule has 1 aromatic carbocycles. The third-order valence-electron chi connectivity index (χ3n) is 2.84. The second-order valence-corrected chi connectivity index (χ2v) is 6.67. The summed E-state index contributed by atoms with van der Waals surface area (Å²) >= 11 is 2.47. The van der Waals surface area contributed by atoms with E-state index >= 15 is 0 Å². The van der Waals surface area contributed by atoms with Crippen molar-refractivity contribution in [1.29, 1.82) is 0 Å². The van der Waals surface area contributed by atoms with Crippen LogP contribution in [0.2, 0.25) is 0 Å². The van der Waals surface area contributed by atoms with Crippen molar-refractivity contribution in [2.75, 3.05) is 18.2 Å². The molecule has 0 bridgehead atoms. The van der Waals surface area contributed by atoms with Gasteiger partial charge in [-0.3, -0.25) is 10.1 Å². The summed E-state index contributed by atoms with van der Waals surface area (Å²) in [4.78, 5) is 11.8. The van der Waals surface area contributed by atoms with E-state index in [9.17, 15) is 4.79 Å². The average molecular weight is 363 g/mol. The summed E-state index contributed by atoms with van der Waals surface area (Å²) in [5, 5.41) is 19.8. The number of nitrogens with zero attached hydrogens (tertiary/aromatic N) is 4. The number of carbonyl (C=O) groups excluding carboxylic acids is 1. The van der Waals surface area contributed by atoms with Gasteiger partial charge in [0.05, 0.1) is 12.9 Å². The highest BCUT2D eigenvalue weighted by molar-refractivity contribution is 7.99. The molecule has 0 atom stereocenters. The number of aromatic nitrogens is 4. The number of nitrogens with one attached hydrogen (secondary N) is 1. The summed E-state index contributed by atoms with van der Waals surface area (Å²) in [6.07, 6.45) is 0. The van der Waals surface area contributed by atoms with Gasteiger partial charge in [-0.15, -0.1) is 20.4 Å². The lowest BCUT2D eigenvalue weighted by molar-refractivity contribution is -0.113. The lowest BCUT2D eigenvalue weighted by Gasteiger charge is -1.99. The monoisotopic (exact) mass is 363 g/mol. The summed E-state index contributed by atoms with van der Waals surface area (Å²) in [7, 11) is 1.60. The Labute approximate surface area is 145 Å². The van der Waals surface area contributed by atoms with E-state index in [4.69, 9.17) is 9.15 Å². The van der Waals surface area contributed by atoms with Crippen LogP contribution in [0.3, 0.4) is 0 Å². The van der Waals surface area contributed by atoms with Crippen molar-refractivity contribution >= 4 is 34.1 Å². The van der Waals surface area contributed by atoms with Crippen molar-refractivity contribution in [2.24, 2.45) is 0 Å². The lowest BCUT2D eigenvalue weighted by atomic mass is 10.2. The quantitative estimate of drug-likeness (QED) is 0.667. The lowest BCUT2D eigenvalue weighted by Crippen LogP contribution is -2.13. The van der Waals surface area contributed by atoms with Crippen molar-refractivity contribution in [3.8, 4) is 17.2 Å². The van der Waals surface area contributed by atoms with Crippen LogP contribution in [0, 0.1) is 6.92 Å². The van der Waals surface area contributed by atoms with Gasteiger partial charge in [0.1, 0.15) is 10.8 Å². The van der Waals surface area contributed by atoms with Crippen molar-refractivity contribution in [2.45, 2.75) is 12.1 Å². The van der Waals surface area contributed by atoms with Gasteiger partial charge in [-0.2, -0.15) is 0 Å².